The predicted molar refractivity (Wildman–Crippen MR) is 40.7 cm³/mol. The van der Waals surface area contributed by atoms with Gasteiger partial charge in [0.15, 0.2) is 0 Å². The molecular weight excluding hydrogens is 127 g/mol. The lowest BCUT2D eigenvalue weighted by molar-refractivity contribution is 0.473. The van der Waals surface area contributed by atoms with Crippen molar-refractivity contribution in [1.29, 1.82) is 0 Å². The maximum Gasteiger partial charge on any atom is 0.0897 e. The third-order valence-electron chi connectivity index (χ3n) is 1.44. The third-order valence-corrected chi connectivity index (χ3v) is 1.44. The second-order valence-corrected chi connectivity index (χ2v) is 2.28. The molecule has 0 aliphatic rings. The van der Waals surface area contributed by atoms with E-state index < -0.39 is 0 Å². The number of benzene rings is 1. The van der Waals surface area contributed by atoms with Crippen LogP contribution >= 0.6 is 0 Å². The average Bonchev–Trinajstić information content (AvgIpc) is 2.03. The van der Waals surface area contributed by atoms with Crippen LogP contribution in [-0.4, -0.2) is 6.67 Å². The van der Waals surface area contributed by atoms with Crippen molar-refractivity contribution < 1.29 is 4.39 Å². The van der Waals surface area contributed by atoms with Crippen LogP contribution in [0.3, 0.4) is 0 Å². The Hall–Kier alpha value is -0.850. The molecular formula is C9H11F. The van der Waals surface area contributed by atoms with E-state index in [1.807, 2.05) is 30.3 Å². The molecule has 0 spiro atoms. The van der Waals surface area contributed by atoms with E-state index in [1.165, 1.54) is 5.56 Å². The number of aryl methyl sites for hydroxylation is 1. The summed E-state index contributed by atoms with van der Waals surface area (Å²) < 4.78 is 11.7. The molecule has 0 aromatic heterocycles. The lowest BCUT2D eigenvalue weighted by Gasteiger charge is -1.95. The van der Waals surface area contributed by atoms with Crippen molar-refractivity contribution in [3.05, 3.63) is 35.9 Å². The molecule has 0 fully saturated rings. The van der Waals surface area contributed by atoms with E-state index in [-0.39, 0.29) is 6.67 Å². The van der Waals surface area contributed by atoms with Crippen LogP contribution in [0, 0.1) is 0 Å². The number of alkyl halides is 1. The zero-order chi connectivity index (χ0) is 7.23. The molecule has 10 heavy (non-hydrogen) atoms. The molecule has 0 amide bonds. The highest BCUT2D eigenvalue weighted by atomic mass is 19.1. The summed E-state index contributed by atoms with van der Waals surface area (Å²) in [5, 5.41) is 0. The third kappa shape index (κ3) is 2.18. The Morgan fingerprint density at radius 3 is 2.40 bits per heavy atom. The Morgan fingerprint density at radius 2 is 1.80 bits per heavy atom. The SMILES string of the molecule is FCCCc1ccccc1. The molecule has 54 valence electrons. The number of hydrogen-bond donors (Lipinski definition) is 0. The Labute approximate surface area is 60.7 Å². The van der Waals surface area contributed by atoms with Crippen LogP contribution in [0.25, 0.3) is 0 Å². The lowest BCUT2D eigenvalue weighted by Crippen LogP contribution is -1.84. The Kier molecular flexibility index (Phi) is 2.94. The van der Waals surface area contributed by atoms with E-state index in [2.05, 4.69) is 0 Å². The zero-order valence-corrected chi connectivity index (χ0v) is 5.89. The summed E-state index contributed by atoms with van der Waals surface area (Å²) in [6.07, 6.45) is 1.50. The van der Waals surface area contributed by atoms with Gasteiger partial charge in [-0.15, -0.1) is 0 Å². The fourth-order valence-electron chi connectivity index (χ4n) is 0.916. The van der Waals surface area contributed by atoms with E-state index >= 15 is 0 Å². The summed E-state index contributed by atoms with van der Waals surface area (Å²) in [5.41, 5.74) is 1.22. The summed E-state index contributed by atoms with van der Waals surface area (Å²) in [4.78, 5) is 0. The van der Waals surface area contributed by atoms with Gasteiger partial charge in [0.1, 0.15) is 0 Å². The van der Waals surface area contributed by atoms with Gasteiger partial charge in [0.05, 0.1) is 6.67 Å². The van der Waals surface area contributed by atoms with Gasteiger partial charge < -0.3 is 0 Å². The normalized spacial score (nSPS) is 9.70. The highest BCUT2D eigenvalue weighted by molar-refractivity contribution is 5.14. The average molecular weight is 138 g/mol. The molecule has 0 saturated carbocycles. The van der Waals surface area contributed by atoms with Crippen molar-refractivity contribution in [2.24, 2.45) is 0 Å². The minimum atomic E-state index is -0.213. The van der Waals surface area contributed by atoms with Gasteiger partial charge in [0.2, 0.25) is 0 Å². The van der Waals surface area contributed by atoms with Crippen molar-refractivity contribution in [1.82, 2.24) is 0 Å². The zero-order valence-electron chi connectivity index (χ0n) is 5.89. The fraction of sp³-hybridized carbons (Fsp3) is 0.333. The van der Waals surface area contributed by atoms with Crippen molar-refractivity contribution >= 4 is 0 Å². The first-order valence-corrected chi connectivity index (χ1v) is 3.53. The highest BCUT2D eigenvalue weighted by Gasteiger charge is 1.88. The van der Waals surface area contributed by atoms with Crippen LogP contribution in [-0.2, 0) is 6.42 Å². The van der Waals surface area contributed by atoms with Crippen molar-refractivity contribution in [3.8, 4) is 0 Å². The molecule has 1 rings (SSSR count). The molecule has 0 radical (unpaired) electrons. The molecule has 1 aromatic rings. The Balaban J connectivity index is 2.43. The molecule has 1 heteroatoms. The number of hydrogen-bond acceptors (Lipinski definition) is 0. The van der Waals surface area contributed by atoms with Gasteiger partial charge in [0.25, 0.3) is 0 Å². The Bertz CT molecular complexity index is 169. The topological polar surface area (TPSA) is 0 Å². The summed E-state index contributed by atoms with van der Waals surface area (Å²) in [6, 6.07) is 9.98. The molecule has 0 N–H and O–H groups in total. The summed E-state index contributed by atoms with van der Waals surface area (Å²) >= 11 is 0. The molecule has 0 heterocycles. The van der Waals surface area contributed by atoms with Crippen LogP contribution in [0.1, 0.15) is 12.0 Å². The van der Waals surface area contributed by atoms with E-state index in [0.29, 0.717) is 6.42 Å². The standard InChI is InChI=1S/C9H11F/c10-8-4-7-9-5-2-1-3-6-9/h1-3,5-6H,4,7-8H2. The molecule has 0 nitrogen and oxygen atoms in total. The van der Waals surface area contributed by atoms with Gasteiger partial charge in [-0.05, 0) is 18.4 Å². The maximum atomic E-state index is 11.7. The minimum Gasteiger partial charge on any atom is -0.251 e. The first-order valence-electron chi connectivity index (χ1n) is 3.53. The molecule has 0 aliphatic heterocycles. The molecule has 0 saturated heterocycles. The van der Waals surface area contributed by atoms with Crippen LogP contribution in [0.4, 0.5) is 4.39 Å². The van der Waals surface area contributed by atoms with E-state index in [9.17, 15) is 4.39 Å². The highest BCUT2D eigenvalue weighted by Crippen LogP contribution is 2.01. The molecule has 0 unspecified atom stereocenters. The fourth-order valence-corrected chi connectivity index (χ4v) is 0.916. The van der Waals surface area contributed by atoms with E-state index in [1.54, 1.807) is 0 Å². The van der Waals surface area contributed by atoms with Crippen molar-refractivity contribution in [2.45, 2.75) is 12.8 Å². The van der Waals surface area contributed by atoms with Crippen LogP contribution in [0.2, 0.25) is 0 Å². The van der Waals surface area contributed by atoms with Gasteiger partial charge in [-0.1, -0.05) is 30.3 Å². The second-order valence-electron chi connectivity index (χ2n) is 2.28. The predicted octanol–water partition coefficient (Wildman–Crippen LogP) is 2.59. The molecule has 0 bridgehead atoms. The maximum absolute atomic E-state index is 11.7. The van der Waals surface area contributed by atoms with E-state index in [4.69, 9.17) is 0 Å². The minimum absolute atomic E-state index is 0.213. The van der Waals surface area contributed by atoms with Crippen LogP contribution < -0.4 is 0 Å². The molecule has 0 aliphatic carbocycles. The van der Waals surface area contributed by atoms with Gasteiger partial charge >= 0.3 is 0 Å². The Morgan fingerprint density at radius 1 is 1.10 bits per heavy atom. The summed E-state index contributed by atoms with van der Waals surface area (Å²) in [5.74, 6) is 0. The molecule has 0 atom stereocenters. The summed E-state index contributed by atoms with van der Waals surface area (Å²) in [6.45, 7) is -0.213. The van der Waals surface area contributed by atoms with Crippen LogP contribution in [0.15, 0.2) is 30.3 Å². The van der Waals surface area contributed by atoms with Gasteiger partial charge in [-0.25, -0.2) is 0 Å². The largest absolute Gasteiger partial charge is 0.251 e. The smallest absolute Gasteiger partial charge is 0.0897 e. The quantitative estimate of drug-likeness (QED) is 0.602. The number of halogens is 1. The van der Waals surface area contributed by atoms with Gasteiger partial charge in [-0.2, -0.15) is 0 Å². The van der Waals surface area contributed by atoms with Crippen LogP contribution in [0.5, 0.6) is 0 Å². The van der Waals surface area contributed by atoms with Crippen molar-refractivity contribution in [2.75, 3.05) is 6.67 Å². The monoisotopic (exact) mass is 138 g/mol. The first-order chi connectivity index (χ1) is 4.93. The van der Waals surface area contributed by atoms with Gasteiger partial charge in [-0.3, -0.25) is 4.39 Å². The number of rotatable bonds is 3. The first kappa shape index (κ1) is 7.26. The van der Waals surface area contributed by atoms with Crippen molar-refractivity contribution in [3.63, 3.8) is 0 Å². The van der Waals surface area contributed by atoms with E-state index in [0.717, 1.165) is 6.42 Å². The molecule has 1 aromatic carbocycles. The van der Waals surface area contributed by atoms with Gasteiger partial charge in [0, 0.05) is 0 Å². The summed E-state index contributed by atoms with van der Waals surface area (Å²) in [7, 11) is 0. The second kappa shape index (κ2) is 4.04. The lowest BCUT2D eigenvalue weighted by atomic mass is 10.1.